The van der Waals surface area contributed by atoms with E-state index in [1.807, 2.05) is 73.3 Å². The predicted molar refractivity (Wildman–Crippen MR) is 111 cm³/mol. The first-order valence-electron chi connectivity index (χ1n) is 10.4. The average Bonchev–Trinajstić information content (AvgIpc) is 3.25. The molecule has 1 saturated heterocycles. The Morgan fingerprint density at radius 3 is 2.50 bits per heavy atom. The molecule has 0 saturated carbocycles. The zero-order valence-corrected chi connectivity index (χ0v) is 17.7. The van der Waals surface area contributed by atoms with Crippen molar-refractivity contribution in [1.82, 2.24) is 19.4 Å². The minimum atomic E-state index is -0.0563. The van der Waals surface area contributed by atoms with Crippen LogP contribution in [0.5, 0.6) is 0 Å². The number of aromatic nitrogens is 2. The molecule has 1 atom stereocenters. The van der Waals surface area contributed by atoms with Crippen LogP contribution >= 0.6 is 0 Å². The van der Waals surface area contributed by atoms with Gasteiger partial charge in [-0.25, -0.2) is 4.98 Å². The van der Waals surface area contributed by atoms with Crippen molar-refractivity contribution >= 4 is 22.8 Å². The van der Waals surface area contributed by atoms with Crippen molar-refractivity contribution in [1.29, 1.82) is 0 Å². The van der Waals surface area contributed by atoms with E-state index in [0.717, 1.165) is 36.2 Å². The lowest BCUT2D eigenvalue weighted by atomic mass is 10.2. The number of likely N-dealkylation sites (tertiary alicyclic amines) is 1. The molecule has 3 rings (SSSR count). The van der Waals surface area contributed by atoms with Crippen LogP contribution in [0.2, 0.25) is 0 Å². The van der Waals surface area contributed by atoms with Gasteiger partial charge in [0.25, 0.3) is 0 Å². The third-order valence-corrected chi connectivity index (χ3v) is 5.55. The Balaban J connectivity index is 2.03. The SMILES string of the molecule is CCC(=O)N1CCC[C@@H]1c1nc2ccccc2n1CC(=O)N(C(C)C)C(C)C. The third kappa shape index (κ3) is 3.77. The molecule has 1 fully saturated rings. The normalized spacial score (nSPS) is 17.1. The van der Waals surface area contributed by atoms with Crippen LogP contribution in [0.3, 0.4) is 0 Å². The lowest BCUT2D eigenvalue weighted by Gasteiger charge is -2.31. The molecule has 1 aromatic carbocycles. The van der Waals surface area contributed by atoms with Crippen molar-refractivity contribution in [3.05, 3.63) is 30.1 Å². The number of fused-ring (bicyclic) bond motifs is 1. The van der Waals surface area contributed by atoms with Crippen molar-refractivity contribution in [3.8, 4) is 0 Å². The molecule has 0 radical (unpaired) electrons. The monoisotopic (exact) mass is 384 g/mol. The van der Waals surface area contributed by atoms with Crippen molar-refractivity contribution in [2.45, 2.75) is 78.6 Å². The fourth-order valence-corrected chi connectivity index (χ4v) is 4.44. The minimum absolute atomic E-state index is 0.0563. The van der Waals surface area contributed by atoms with Crippen molar-refractivity contribution in [3.63, 3.8) is 0 Å². The first-order valence-corrected chi connectivity index (χ1v) is 10.4. The topological polar surface area (TPSA) is 58.4 Å². The molecule has 152 valence electrons. The van der Waals surface area contributed by atoms with Gasteiger partial charge in [-0.2, -0.15) is 0 Å². The van der Waals surface area contributed by atoms with Gasteiger partial charge in [0.15, 0.2) is 0 Å². The molecule has 2 aromatic rings. The van der Waals surface area contributed by atoms with E-state index in [9.17, 15) is 9.59 Å². The zero-order chi connectivity index (χ0) is 20.4. The quantitative estimate of drug-likeness (QED) is 0.762. The minimum Gasteiger partial charge on any atom is -0.336 e. The van der Waals surface area contributed by atoms with Crippen LogP contribution < -0.4 is 0 Å². The number of carbonyl (C=O) groups excluding carboxylic acids is 2. The summed E-state index contributed by atoms with van der Waals surface area (Å²) >= 11 is 0. The highest BCUT2D eigenvalue weighted by molar-refractivity contribution is 5.82. The van der Waals surface area contributed by atoms with Crippen LogP contribution in [-0.4, -0.2) is 49.8 Å². The fraction of sp³-hybridized carbons (Fsp3) is 0.591. The van der Waals surface area contributed by atoms with Gasteiger partial charge in [0.2, 0.25) is 11.8 Å². The Kier molecular flexibility index (Phi) is 6.06. The molecule has 0 bridgehead atoms. The Morgan fingerprint density at radius 1 is 1.18 bits per heavy atom. The zero-order valence-electron chi connectivity index (χ0n) is 17.7. The maximum absolute atomic E-state index is 13.2. The molecule has 0 N–H and O–H groups in total. The van der Waals surface area contributed by atoms with Crippen molar-refractivity contribution in [2.24, 2.45) is 0 Å². The van der Waals surface area contributed by atoms with Crippen molar-refractivity contribution < 1.29 is 9.59 Å². The lowest BCUT2D eigenvalue weighted by molar-refractivity contribution is -0.135. The Morgan fingerprint density at radius 2 is 1.86 bits per heavy atom. The smallest absolute Gasteiger partial charge is 0.243 e. The number of carbonyl (C=O) groups is 2. The van der Waals surface area contributed by atoms with Gasteiger partial charge in [-0.15, -0.1) is 0 Å². The third-order valence-electron chi connectivity index (χ3n) is 5.55. The highest BCUT2D eigenvalue weighted by atomic mass is 16.2. The van der Waals surface area contributed by atoms with Crippen LogP contribution in [0.25, 0.3) is 11.0 Å². The summed E-state index contributed by atoms with van der Waals surface area (Å²) in [6, 6.07) is 8.13. The molecular weight excluding hydrogens is 352 g/mol. The molecule has 0 aliphatic carbocycles. The second-order valence-corrected chi connectivity index (χ2v) is 8.13. The van der Waals surface area contributed by atoms with Crippen LogP contribution in [0.1, 0.15) is 65.7 Å². The van der Waals surface area contributed by atoms with Gasteiger partial charge in [-0.05, 0) is 52.7 Å². The number of hydrogen-bond donors (Lipinski definition) is 0. The van der Waals surface area contributed by atoms with Crippen LogP contribution in [-0.2, 0) is 16.1 Å². The average molecular weight is 385 g/mol. The molecule has 2 heterocycles. The molecule has 1 aliphatic rings. The summed E-state index contributed by atoms with van der Waals surface area (Å²) in [6.45, 7) is 11.1. The maximum atomic E-state index is 13.2. The van der Waals surface area contributed by atoms with Gasteiger partial charge in [-0.1, -0.05) is 19.1 Å². The van der Waals surface area contributed by atoms with Gasteiger partial charge in [0.05, 0.1) is 17.1 Å². The fourth-order valence-electron chi connectivity index (χ4n) is 4.44. The molecule has 1 aromatic heterocycles. The van der Waals surface area contributed by atoms with E-state index >= 15 is 0 Å². The number of benzene rings is 1. The van der Waals surface area contributed by atoms with Gasteiger partial charge in [0, 0.05) is 25.0 Å². The first kappa shape index (κ1) is 20.4. The number of imidazole rings is 1. The number of para-hydroxylation sites is 2. The number of rotatable bonds is 6. The Hall–Kier alpha value is -2.37. The van der Waals surface area contributed by atoms with Crippen LogP contribution in [0.4, 0.5) is 0 Å². The van der Waals surface area contributed by atoms with Crippen LogP contribution in [0.15, 0.2) is 24.3 Å². The molecule has 0 spiro atoms. The second-order valence-electron chi connectivity index (χ2n) is 8.13. The summed E-state index contributed by atoms with van der Waals surface area (Å²) in [7, 11) is 0. The summed E-state index contributed by atoms with van der Waals surface area (Å²) < 4.78 is 2.03. The Labute approximate surface area is 167 Å². The van der Waals surface area contributed by atoms with Gasteiger partial charge in [-0.3, -0.25) is 9.59 Å². The van der Waals surface area contributed by atoms with Crippen LogP contribution in [0, 0.1) is 0 Å². The Bertz CT molecular complexity index is 847. The number of amides is 2. The number of nitrogens with zero attached hydrogens (tertiary/aromatic N) is 4. The summed E-state index contributed by atoms with van der Waals surface area (Å²) in [5.41, 5.74) is 1.83. The summed E-state index contributed by atoms with van der Waals surface area (Å²) in [5, 5.41) is 0. The molecule has 1 aliphatic heterocycles. The van der Waals surface area contributed by atoms with E-state index in [-0.39, 0.29) is 36.5 Å². The summed E-state index contributed by atoms with van der Waals surface area (Å²) in [4.78, 5) is 34.3. The van der Waals surface area contributed by atoms with Gasteiger partial charge in [0.1, 0.15) is 12.4 Å². The molecular formula is C22H32N4O2. The standard InChI is InChI=1S/C22H32N4O2/c1-6-20(27)24-13-9-12-19(24)22-23-17-10-7-8-11-18(17)25(22)14-21(28)26(15(2)3)16(4)5/h7-8,10-11,15-16,19H,6,9,12-14H2,1-5H3/t19-/m1/s1. The lowest BCUT2D eigenvalue weighted by Crippen LogP contribution is -2.44. The summed E-state index contributed by atoms with van der Waals surface area (Å²) in [5.74, 6) is 1.07. The van der Waals surface area contributed by atoms with E-state index in [4.69, 9.17) is 4.98 Å². The summed E-state index contributed by atoms with van der Waals surface area (Å²) in [6.07, 6.45) is 2.35. The van der Waals surface area contributed by atoms with Crippen molar-refractivity contribution in [2.75, 3.05) is 6.54 Å². The molecule has 6 heteroatoms. The van der Waals surface area contributed by atoms with Gasteiger partial charge >= 0.3 is 0 Å². The molecule has 6 nitrogen and oxygen atoms in total. The highest BCUT2D eigenvalue weighted by Gasteiger charge is 2.34. The highest BCUT2D eigenvalue weighted by Crippen LogP contribution is 2.34. The van der Waals surface area contributed by atoms with E-state index < -0.39 is 0 Å². The first-order chi connectivity index (χ1) is 13.3. The predicted octanol–water partition coefficient (Wildman–Crippen LogP) is 3.76. The van der Waals surface area contributed by atoms with E-state index in [2.05, 4.69) is 0 Å². The number of hydrogen-bond acceptors (Lipinski definition) is 3. The second kappa shape index (κ2) is 8.33. The molecule has 0 unspecified atom stereocenters. The molecule has 2 amide bonds. The van der Waals surface area contributed by atoms with E-state index in [0.29, 0.717) is 6.42 Å². The molecule has 28 heavy (non-hydrogen) atoms. The largest absolute Gasteiger partial charge is 0.336 e. The maximum Gasteiger partial charge on any atom is 0.243 e. The van der Waals surface area contributed by atoms with E-state index in [1.54, 1.807) is 0 Å². The van der Waals surface area contributed by atoms with E-state index in [1.165, 1.54) is 0 Å². The van der Waals surface area contributed by atoms with Gasteiger partial charge < -0.3 is 14.4 Å².